The number of ether oxygens (including phenoxy) is 1. The molecule has 6 nitrogen and oxygen atoms in total. The number of carbonyl (C=O) groups excluding carboxylic acids is 1. The molecule has 0 aliphatic rings. The average Bonchev–Trinajstić information content (AvgIpc) is 2.69. The van der Waals surface area contributed by atoms with Gasteiger partial charge in [0.25, 0.3) is 15.9 Å². The van der Waals surface area contributed by atoms with Gasteiger partial charge in [-0.25, -0.2) is 8.42 Å². The molecule has 0 fully saturated rings. The molecule has 0 unspecified atom stereocenters. The van der Waals surface area contributed by atoms with E-state index in [2.05, 4.69) is 26.0 Å². The molecule has 2 N–H and O–H groups in total. The Morgan fingerprint density at radius 2 is 1.54 bits per heavy atom. The number of rotatable bonds is 7. The van der Waals surface area contributed by atoms with Crippen LogP contribution in [0.3, 0.4) is 0 Å². The van der Waals surface area contributed by atoms with Crippen LogP contribution in [-0.2, 0) is 14.8 Å². The number of amides is 1. The topological polar surface area (TPSA) is 84.5 Å². The average molecular weight is 461 g/mol. The summed E-state index contributed by atoms with van der Waals surface area (Å²) in [5.74, 6) is 0.0651. The smallest absolute Gasteiger partial charge is 0.262 e. The van der Waals surface area contributed by atoms with Gasteiger partial charge in [-0.15, -0.1) is 0 Å². The molecule has 3 rings (SSSR count). The van der Waals surface area contributed by atoms with E-state index in [4.69, 9.17) is 4.74 Å². The molecule has 0 spiro atoms. The highest BCUT2D eigenvalue weighted by atomic mass is 79.9. The van der Waals surface area contributed by atoms with Crippen molar-refractivity contribution in [2.45, 2.75) is 4.90 Å². The Hall–Kier alpha value is -2.84. The van der Waals surface area contributed by atoms with Crippen molar-refractivity contribution in [1.82, 2.24) is 0 Å². The van der Waals surface area contributed by atoms with E-state index in [0.717, 1.165) is 4.47 Å². The third-order valence-electron chi connectivity index (χ3n) is 3.68. The van der Waals surface area contributed by atoms with E-state index in [1.165, 1.54) is 24.3 Å². The van der Waals surface area contributed by atoms with Crippen LogP contribution in [0.2, 0.25) is 0 Å². The summed E-state index contributed by atoms with van der Waals surface area (Å²) in [6.07, 6.45) is 0. The fourth-order valence-electron chi connectivity index (χ4n) is 2.33. The molecule has 0 saturated heterocycles. The highest BCUT2D eigenvalue weighted by Crippen LogP contribution is 2.22. The molecule has 0 aliphatic heterocycles. The first-order valence-electron chi connectivity index (χ1n) is 8.29. The Labute approximate surface area is 171 Å². The van der Waals surface area contributed by atoms with Crippen molar-refractivity contribution in [3.05, 3.63) is 83.3 Å². The molecule has 3 aromatic carbocycles. The number of hydrogen-bond acceptors (Lipinski definition) is 4. The van der Waals surface area contributed by atoms with Gasteiger partial charge in [-0.3, -0.25) is 9.52 Å². The Balaban J connectivity index is 1.58. The van der Waals surface area contributed by atoms with Gasteiger partial charge < -0.3 is 10.1 Å². The Kier molecular flexibility index (Phi) is 6.33. The second kappa shape index (κ2) is 8.90. The van der Waals surface area contributed by atoms with Crippen LogP contribution in [0, 0.1) is 0 Å². The van der Waals surface area contributed by atoms with Crippen LogP contribution >= 0.6 is 15.9 Å². The van der Waals surface area contributed by atoms with Crippen molar-refractivity contribution in [2.24, 2.45) is 0 Å². The van der Waals surface area contributed by atoms with Gasteiger partial charge >= 0.3 is 0 Å². The lowest BCUT2D eigenvalue weighted by atomic mass is 10.3. The molecule has 144 valence electrons. The summed E-state index contributed by atoms with van der Waals surface area (Å²) in [7, 11) is -3.70. The molecular formula is C20H17BrN2O4S. The van der Waals surface area contributed by atoms with E-state index in [-0.39, 0.29) is 17.4 Å². The first-order valence-corrected chi connectivity index (χ1v) is 10.6. The molecule has 28 heavy (non-hydrogen) atoms. The van der Waals surface area contributed by atoms with Gasteiger partial charge in [0.2, 0.25) is 0 Å². The fourth-order valence-corrected chi connectivity index (χ4v) is 3.78. The van der Waals surface area contributed by atoms with E-state index in [1.54, 1.807) is 36.4 Å². The summed E-state index contributed by atoms with van der Waals surface area (Å²) in [6, 6.07) is 21.7. The second-order valence-electron chi connectivity index (χ2n) is 5.76. The number of anilines is 2. The molecule has 0 radical (unpaired) electrons. The maximum absolute atomic E-state index is 12.4. The number of para-hydroxylation sites is 2. The van der Waals surface area contributed by atoms with Crippen LogP contribution in [0.15, 0.2) is 88.2 Å². The van der Waals surface area contributed by atoms with Crippen LogP contribution in [0.4, 0.5) is 11.4 Å². The highest BCUT2D eigenvalue weighted by molar-refractivity contribution is 9.10. The minimum Gasteiger partial charge on any atom is -0.484 e. The summed E-state index contributed by atoms with van der Waals surface area (Å²) < 4.78 is 33.5. The van der Waals surface area contributed by atoms with E-state index in [9.17, 15) is 13.2 Å². The normalized spacial score (nSPS) is 10.9. The van der Waals surface area contributed by atoms with E-state index in [1.807, 2.05) is 18.2 Å². The first kappa shape index (κ1) is 19.9. The number of sulfonamides is 1. The standard InChI is InChI=1S/C20H17BrN2O4S/c21-18-8-4-5-9-19(18)22-20(24)14-27-16-10-12-17(13-11-16)28(25,26)23-15-6-2-1-3-7-15/h1-13,23H,14H2,(H,22,24). The van der Waals surface area contributed by atoms with E-state index < -0.39 is 10.0 Å². The molecular weight excluding hydrogens is 444 g/mol. The van der Waals surface area contributed by atoms with E-state index in [0.29, 0.717) is 17.1 Å². The molecule has 0 aromatic heterocycles. The zero-order chi connectivity index (χ0) is 20.0. The van der Waals surface area contributed by atoms with Crippen LogP contribution < -0.4 is 14.8 Å². The molecule has 3 aromatic rings. The molecule has 0 bridgehead atoms. The Bertz CT molecular complexity index is 1060. The number of carbonyl (C=O) groups is 1. The quantitative estimate of drug-likeness (QED) is 0.551. The minimum absolute atomic E-state index is 0.0985. The van der Waals surface area contributed by atoms with Gasteiger partial charge in [-0.1, -0.05) is 30.3 Å². The van der Waals surface area contributed by atoms with Gasteiger partial charge in [-0.2, -0.15) is 0 Å². The summed E-state index contributed by atoms with van der Waals surface area (Å²) in [5, 5.41) is 2.73. The monoisotopic (exact) mass is 460 g/mol. The fraction of sp³-hybridized carbons (Fsp3) is 0.0500. The predicted octanol–water partition coefficient (Wildman–Crippen LogP) is 4.27. The van der Waals surface area contributed by atoms with Gasteiger partial charge in [-0.05, 0) is 64.5 Å². The molecule has 0 aliphatic carbocycles. The third kappa shape index (κ3) is 5.34. The van der Waals surface area contributed by atoms with Gasteiger partial charge in [0.05, 0.1) is 10.6 Å². The lowest BCUT2D eigenvalue weighted by Crippen LogP contribution is -2.20. The van der Waals surface area contributed by atoms with Crippen molar-refractivity contribution < 1.29 is 17.9 Å². The molecule has 1 amide bonds. The SMILES string of the molecule is O=C(COc1ccc(S(=O)(=O)Nc2ccccc2)cc1)Nc1ccccc1Br. The van der Waals surface area contributed by atoms with Crippen molar-refractivity contribution >= 4 is 43.2 Å². The number of hydrogen-bond donors (Lipinski definition) is 2. The van der Waals surface area contributed by atoms with Crippen LogP contribution in [0.5, 0.6) is 5.75 Å². The zero-order valence-electron chi connectivity index (χ0n) is 14.6. The molecule has 0 heterocycles. The Morgan fingerprint density at radius 1 is 0.893 bits per heavy atom. The number of nitrogens with one attached hydrogen (secondary N) is 2. The highest BCUT2D eigenvalue weighted by Gasteiger charge is 2.14. The maximum Gasteiger partial charge on any atom is 0.262 e. The number of halogens is 1. The van der Waals surface area contributed by atoms with Crippen LogP contribution in [0.25, 0.3) is 0 Å². The molecule has 8 heteroatoms. The van der Waals surface area contributed by atoms with Crippen LogP contribution in [-0.4, -0.2) is 20.9 Å². The van der Waals surface area contributed by atoms with Crippen molar-refractivity contribution in [3.63, 3.8) is 0 Å². The second-order valence-corrected chi connectivity index (χ2v) is 8.30. The zero-order valence-corrected chi connectivity index (χ0v) is 17.0. The van der Waals surface area contributed by atoms with Crippen molar-refractivity contribution in [2.75, 3.05) is 16.6 Å². The van der Waals surface area contributed by atoms with Crippen LogP contribution in [0.1, 0.15) is 0 Å². The van der Waals surface area contributed by atoms with Gasteiger partial charge in [0, 0.05) is 10.2 Å². The predicted molar refractivity (Wildman–Crippen MR) is 112 cm³/mol. The van der Waals surface area contributed by atoms with Gasteiger partial charge in [0.15, 0.2) is 6.61 Å². The lowest BCUT2D eigenvalue weighted by molar-refractivity contribution is -0.118. The molecule has 0 saturated carbocycles. The number of benzene rings is 3. The maximum atomic E-state index is 12.4. The third-order valence-corrected chi connectivity index (χ3v) is 5.77. The summed E-state index contributed by atoms with van der Waals surface area (Å²) in [5.41, 5.74) is 1.12. The summed E-state index contributed by atoms with van der Waals surface area (Å²) in [6.45, 7) is -0.199. The van der Waals surface area contributed by atoms with Crippen molar-refractivity contribution in [3.8, 4) is 5.75 Å². The largest absolute Gasteiger partial charge is 0.484 e. The first-order chi connectivity index (χ1) is 13.4. The lowest BCUT2D eigenvalue weighted by Gasteiger charge is -2.10. The summed E-state index contributed by atoms with van der Waals surface area (Å²) in [4.78, 5) is 12.1. The van der Waals surface area contributed by atoms with E-state index >= 15 is 0 Å². The Morgan fingerprint density at radius 3 is 2.21 bits per heavy atom. The van der Waals surface area contributed by atoms with Gasteiger partial charge in [0.1, 0.15) is 5.75 Å². The summed E-state index contributed by atoms with van der Waals surface area (Å²) >= 11 is 3.35. The molecule has 0 atom stereocenters. The van der Waals surface area contributed by atoms with Crippen molar-refractivity contribution in [1.29, 1.82) is 0 Å². The minimum atomic E-state index is -3.70.